The van der Waals surface area contributed by atoms with Crippen LogP contribution in [0.4, 0.5) is 5.82 Å². The zero-order valence-corrected chi connectivity index (χ0v) is 10.5. The molecule has 0 spiro atoms. The number of nitrogens with one attached hydrogen (secondary N) is 1. The number of rotatable bonds is 4. The molecule has 0 bridgehead atoms. The van der Waals surface area contributed by atoms with E-state index in [1.807, 2.05) is 18.5 Å². The maximum atomic E-state index is 5.36. The summed E-state index contributed by atoms with van der Waals surface area (Å²) < 4.78 is 5.36. The maximum absolute atomic E-state index is 5.36. The molecule has 16 heavy (non-hydrogen) atoms. The molecule has 4 nitrogen and oxygen atoms in total. The van der Waals surface area contributed by atoms with Crippen molar-refractivity contribution in [3.63, 3.8) is 0 Å². The van der Waals surface area contributed by atoms with Crippen LogP contribution in [0.3, 0.4) is 0 Å². The van der Waals surface area contributed by atoms with Crippen LogP contribution in [0.1, 0.15) is 25.3 Å². The Morgan fingerprint density at radius 2 is 2.31 bits per heavy atom. The van der Waals surface area contributed by atoms with E-state index in [1.165, 1.54) is 0 Å². The summed E-state index contributed by atoms with van der Waals surface area (Å²) >= 11 is 1.62. The molecular formula is C11H15N3OS. The minimum Gasteiger partial charge on any atom is -0.373 e. The van der Waals surface area contributed by atoms with Gasteiger partial charge in [0, 0.05) is 14.2 Å². The molecule has 2 aromatic heterocycles. The number of methoxy groups -OCH3 is 1. The molecule has 0 aliphatic rings. The number of anilines is 1. The predicted molar refractivity (Wildman–Crippen MR) is 67.0 cm³/mol. The number of thiophene rings is 1. The van der Waals surface area contributed by atoms with Gasteiger partial charge in [-0.3, -0.25) is 0 Å². The highest BCUT2D eigenvalue weighted by Crippen LogP contribution is 2.27. The van der Waals surface area contributed by atoms with Gasteiger partial charge in [-0.25, -0.2) is 9.97 Å². The predicted octanol–water partition coefficient (Wildman–Crippen LogP) is 2.83. The van der Waals surface area contributed by atoms with E-state index in [1.54, 1.807) is 18.4 Å². The molecule has 0 aliphatic heterocycles. The van der Waals surface area contributed by atoms with Crippen molar-refractivity contribution in [1.29, 1.82) is 0 Å². The summed E-state index contributed by atoms with van der Waals surface area (Å²) in [7, 11) is 3.56. The second-order valence-corrected chi connectivity index (χ2v) is 4.35. The molecule has 2 aromatic rings. The van der Waals surface area contributed by atoms with Crippen LogP contribution in [0.5, 0.6) is 0 Å². The number of nitrogens with zero attached hydrogens (tertiary/aromatic N) is 2. The number of ether oxygens (including phenoxy) is 1. The lowest BCUT2D eigenvalue weighted by Gasteiger charge is -2.12. The van der Waals surface area contributed by atoms with E-state index in [0.717, 1.165) is 28.3 Å². The maximum Gasteiger partial charge on any atom is 0.161 e. The third-order valence-corrected chi connectivity index (χ3v) is 3.33. The third kappa shape index (κ3) is 1.88. The monoisotopic (exact) mass is 237 g/mol. The number of aromatic nitrogens is 2. The summed E-state index contributed by atoms with van der Waals surface area (Å²) in [6.07, 6.45) is 0.842. The van der Waals surface area contributed by atoms with E-state index >= 15 is 0 Å². The minimum absolute atomic E-state index is 0.0291. The minimum atomic E-state index is -0.0291. The fourth-order valence-corrected chi connectivity index (χ4v) is 2.43. The van der Waals surface area contributed by atoms with Crippen molar-refractivity contribution in [3.05, 3.63) is 17.3 Å². The summed E-state index contributed by atoms with van der Waals surface area (Å²) in [4.78, 5) is 10.0. The van der Waals surface area contributed by atoms with Crippen LogP contribution in [0.25, 0.3) is 10.2 Å². The Hall–Kier alpha value is -1.20. The summed E-state index contributed by atoms with van der Waals surface area (Å²) in [5, 5.41) is 6.20. The Bertz CT molecular complexity index is 479. The van der Waals surface area contributed by atoms with Gasteiger partial charge in [0.15, 0.2) is 5.82 Å². The fourth-order valence-electron chi connectivity index (χ4n) is 1.66. The van der Waals surface area contributed by atoms with Gasteiger partial charge in [0.25, 0.3) is 0 Å². The average Bonchev–Trinajstić information content (AvgIpc) is 2.77. The Labute approximate surface area is 98.7 Å². The number of hydrogen-bond acceptors (Lipinski definition) is 5. The smallest absolute Gasteiger partial charge is 0.161 e. The standard InChI is InChI=1S/C11H15N3OS/c1-4-8(15-3)10-13-9(12-2)7-5-6-16-11(7)14-10/h5-6,8H,4H2,1-3H3,(H,12,13,14). The van der Waals surface area contributed by atoms with Crippen LogP contribution in [0.2, 0.25) is 0 Å². The molecule has 2 heterocycles. The molecular weight excluding hydrogens is 222 g/mol. The van der Waals surface area contributed by atoms with Gasteiger partial charge >= 0.3 is 0 Å². The fraction of sp³-hybridized carbons (Fsp3) is 0.455. The zero-order valence-electron chi connectivity index (χ0n) is 9.65. The summed E-state index contributed by atoms with van der Waals surface area (Å²) in [5.41, 5.74) is 0. The van der Waals surface area contributed by atoms with Crippen molar-refractivity contribution >= 4 is 27.4 Å². The van der Waals surface area contributed by atoms with Crippen molar-refractivity contribution in [2.24, 2.45) is 0 Å². The molecule has 0 fully saturated rings. The normalized spacial score (nSPS) is 12.9. The summed E-state index contributed by atoms with van der Waals surface area (Å²) in [6.45, 7) is 2.06. The van der Waals surface area contributed by atoms with Crippen molar-refractivity contribution < 1.29 is 4.74 Å². The lowest BCUT2D eigenvalue weighted by molar-refractivity contribution is 0.0930. The van der Waals surface area contributed by atoms with Gasteiger partial charge in [-0.2, -0.15) is 0 Å². The van der Waals surface area contributed by atoms with E-state index in [4.69, 9.17) is 4.74 Å². The number of hydrogen-bond donors (Lipinski definition) is 1. The summed E-state index contributed by atoms with van der Waals surface area (Å²) in [6, 6.07) is 2.03. The first-order valence-electron chi connectivity index (χ1n) is 5.25. The van der Waals surface area contributed by atoms with Gasteiger partial charge in [-0.05, 0) is 17.9 Å². The van der Waals surface area contributed by atoms with Gasteiger partial charge < -0.3 is 10.1 Å². The van der Waals surface area contributed by atoms with Crippen molar-refractivity contribution in [2.75, 3.05) is 19.5 Å². The van der Waals surface area contributed by atoms with Crippen LogP contribution in [0.15, 0.2) is 11.4 Å². The van der Waals surface area contributed by atoms with Crippen LogP contribution in [-0.4, -0.2) is 24.1 Å². The second kappa shape index (κ2) is 4.76. The highest BCUT2D eigenvalue weighted by Gasteiger charge is 2.15. The Kier molecular flexibility index (Phi) is 3.36. The Morgan fingerprint density at radius 1 is 1.50 bits per heavy atom. The molecule has 0 saturated heterocycles. The van der Waals surface area contributed by atoms with E-state index in [-0.39, 0.29) is 6.10 Å². The largest absolute Gasteiger partial charge is 0.373 e. The highest BCUT2D eigenvalue weighted by atomic mass is 32.1. The molecule has 5 heteroatoms. The average molecular weight is 237 g/mol. The second-order valence-electron chi connectivity index (χ2n) is 3.45. The Balaban J connectivity index is 2.54. The van der Waals surface area contributed by atoms with Gasteiger partial charge in [0.2, 0.25) is 0 Å². The van der Waals surface area contributed by atoms with Crippen molar-refractivity contribution in [2.45, 2.75) is 19.4 Å². The van der Waals surface area contributed by atoms with Gasteiger partial charge in [-0.1, -0.05) is 6.92 Å². The van der Waals surface area contributed by atoms with Crippen molar-refractivity contribution in [1.82, 2.24) is 9.97 Å². The van der Waals surface area contributed by atoms with Crippen molar-refractivity contribution in [3.8, 4) is 0 Å². The Morgan fingerprint density at radius 3 is 2.94 bits per heavy atom. The van der Waals surface area contributed by atoms with E-state index in [0.29, 0.717) is 0 Å². The van der Waals surface area contributed by atoms with E-state index in [9.17, 15) is 0 Å². The summed E-state index contributed by atoms with van der Waals surface area (Å²) in [5.74, 6) is 1.63. The van der Waals surface area contributed by atoms with Crippen LogP contribution in [-0.2, 0) is 4.74 Å². The molecule has 0 aliphatic carbocycles. The highest BCUT2D eigenvalue weighted by molar-refractivity contribution is 7.16. The lowest BCUT2D eigenvalue weighted by Crippen LogP contribution is -2.07. The molecule has 0 radical (unpaired) electrons. The first-order chi connectivity index (χ1) is 7.80. The topological polar surface area (TPSA) is 47.0 Å². The quantitative estimate of drug-likeness (QED) is 0.888. The molecule has 1 atom stereocenters. The van der Waals surface area contributed by atoms with Crippen LogP contribution in [0, 0.1) is 0 Å². The first kappa shape index (κ1) is 11.3. The molecule has 0 saturated carbocycles. The molecule has 0 aromatic carbocycles. The SMILES string of the molecule is CCC(OC)c1nc(NC)c2ccsc2n1. The lowest BCUT2D eigenvalue weighted by atomic mass is 10.2. The molecule has 2 rings (SSSR count). The van der Waals surface area contributed by atoms with Crippen LogP contribution < -0.4 is 5.32 Å². The first-order valence-corrected chi connectivity index (χ1v) is 6.13. The molecule has 1 N–H and O–H groups in total. The molecule has 86 valence electrons. The van der Waals surface area contributed by atoms with Crippen LogP contribution >= 0.6 is 11.3 Å². The zero-order chi connectivity index (χ0) is 11.5. The molecule has 1 unspecified atom stereocenters. The number of fused-ring (bicyclic) bond motifs is 1. The van der Waals surface area contributed by atoms with E-state index < -0.39 is 0 Å². The third-order valence-electron chi connectivity index (χ3n) is 2.52. The van der Waals surface area contributed by atoms with E-state index in [2.05, 4.69) is 22.2 Å². The molecule has 0 amide bonds. The van der Waals surface area contributed by atoms with Gasteiger partial charge in [-0.15, -0.1) is 11.3 Å². The van der Waals surface area contributed by atoms with Gasteiger partial charge in [0.1, 0.15) is 16.8 Å². The van der Waals surface area contributed by atoms with Gasteiger partial charge in [0.05, 0.1) is 5.39 Å².